The zero-order valence-electron chi connectivity index (χ0n) is 8.26. The summed E-state index contributed by atoms with van der Waals surface area (Å²) in [6.45, 7) is 0.366. The van der Waals surface area contributed by atoms with Crippen LogP contribution in [0.4, 0.5) is 0 Å². The third kappa shape index (κ3) is 1.27. The minimum absolute atomic E-state index is 0.0119. The lowest BCUT2D eigenvalue weighted by molar-refractivity contribution is 0.670. The monoisotopic (exact) mass is 204 g/mol. The van der Waals surface area contributed by atoms with Gasteiger partial charge in [-0.1, -0.05) is 0 Å². The molecule has 0 bridgehead atoms. The molecule has 1 saturated carbocycles. The summed E-state index contributed by atoms with van der Waals surface area (Å²) < 4.78 is 3.34. The maximum atomic E-state index is 12.0. The van der Waals surface area contributed by atoms with Crippen molar-refractivity contribution in [2.75, 3.05) is 0 Å². The molecule has 3 rings (SSSR count). The van der Waals surface area contributed by atoms with Crippen molar-refractivity contribution in [3.05, 3.63) is 34.6 Å². The van der Waals surface area contributed by atoms with Gasteiger partial charge in [0.05, 0.1) is 5.69 Å². The van der Waals surface area contributed by atoms with E-state index in [2.05, 4.69) is 4.98 Å². The van der Waals surface area contributed by atoms with Crippen LogP contribution in [0.15, 0.2) is 23.3 Å². The summed E-state index contributed by atoms with van der Waals surface area (Å²) in [4.78, 5) is 16.2. The van der Waals surface area contributed by atoms with E-state index in [1.807, 2.05) is 12.3 Å². The van der Waals surface area contributed by atoms with E-state index in [9.17, 15) is 4.79 Å². The van der Waals surface area contributed by atoms with Crippen LogP contribution in [0.1, 0.15) is 24.6 Å². The molecule has 0 spiro atoms. The van der Waals surface area contributed by atoms with Crippen LogP contribution in [0.3, 0.4) is 0 Å². The lowest BCUT2D eigenvalue weighted by atomic mass is 10.5. The van der Waals surface area contributed by atoms with Crippen molar-refractivity contribution in [2.45, 2.75) is 25.4 Å². The first kappa shape index (κ1) is 8.67. The van der Waals surface area contributed by atoms with Crippen LogP contribution in [0.25, 0.3) is 5.65 Å². The largest absolute Gasteiger partial charge is 0.334 e. The number of rotatable bonds is 2. The SMILES string of the molecule is NCc1cn2c(=O)n(C3CC3)ccc2n1. The van der Waals surface area contributed by atoms with Crippen LogP contribution >= 0.6 is 0 Å². The van der Waals surface area contributed by atoms with Crippen LogP contribution < -0.4 is 11.4 Å². The summed E-state index contributed by atoms with van der Waals surface area (Å²) in [6, 6.07) is 2.25. The van der Waals surface area contributed by atoms with E-state index >= 15 is 0 Å². The summed E-state index contributed by atoms with van der Waals surface area (Å²) in [6.07, 6.45) is 5.74. The van der Waals surface area contributed by atoms with Crippen molar-refractivity contribution in [2.24, 2.45) is 5.73 Å². The summed E-state index contributed by atoms with van der Waals surface area (Å²) in [5, 5.41) is 0. The number of aromatic nitrogens is 3. The van der Waals surface area contributed by atoms with E-state index in [0.29, 0.717) is 18.2 Å². The minimum Gasteiger partial charge on any atom is -0.325 e. The second-order valence-corrected chi connectivity index (χ2v) is 3.90. The fourth-order valence-corrected chi connectivity index (χ4v) is 1.78. The third-order valence-corrected chi connectivity index (χ3v) is 2.74. The van der Waals surface area contributed by atoms with Gasteiger partial charge in [0.1, 0.15) is 5.65 Å². The Labute approximate surface area is 86.2 Å². The Morgan fingerprint density at radius 3 is 3.00 bits per heavy atom. The standard InChI is InChI=1S/C10H12N4O/c11-5-7-6-14-9(12-7)3-4-13(10(14)15)8-1-2-8/h3-4,6,8H,1-2,5,11H2. The van der Waals surface area contributed by atoms with E-state index in [4.69, 9.17) is 5.73 Å². The minimum atomic E-state index is -0.0119. The summed E-state index contributed by atoms with van der Waals surface area (Å²) in [7, 11) is 0. The number of nitrogens with zero attached hydrogens (tertiary/aromatic N) is 3. The summed E-state index contributed by atoms with van der Waals surface area (Å²) in [5.74, 6) is 0. The molecule has 2 aromatic rings. The average Bonchev–Trinajstić information content (AvgIpc) is 2.97. The zero-order valence-corrected chi connectivity index (χ0v) is 8.26. The Hall–Kier alpha value is -1.62. The highest BCUT2D eigenvalue weighted by Crippen LogP contribution is 2.33. The van der Waals surface area contributed by atoms with E-state index in [1.165, 1.54) is 0 Å². The number of nitrogens with two attached hydrogens (primary N) is 1. The number of fused-ring (bicyclic) bond motifs is 1. The van der Waals surface area contributed by atoms with Crippen molar-refractivity contribution < 1.29 is 0 Å². The first-order valence-corrected chi connectivity index (χ1v) is 5.09. The van der Waals surface area contributed by atoms with E-state index in [-0.39, 0.29) is 5.69 Å². The molecule has 15 heavy (non-hydrogen) atoms. The molecule has 2 aromatic heterocycles. The van der Waals surface area contributed by atoms with Gasteiger partial charge in [-0.15, -0.1) is 0 Å². The van der Waals surface area contributed by atoms with Crippen molar-refractivity contribution in [3.63, 3.8) is 0 Å². The van der Waals surface area contributed by atoms with Crippen LogP contribution in [0, 0.1) is 0 Å². The molecule has 78 valence electrons. The second-order valence-electron chi connectivity index (χ2n) is 3.90. The van der Waals surface area contributed by atoms with E-state index < -0.39 is 0 Å². The fraction of sp³-hybridized carbons (Fsp3) is 0.400. The number of imidazole rings is 1. The van der Waals surface area contributed by atoms with Crippen molar-refractivity contribution in [1.29, 1.82) is 0 Å². The Morgan fingerprint density at radius 2 is 2.33 bits per heavy atom. The van der Waals surface area contributed by atoms with Gasteiger partial charge in [-0.3, -0.25) is 8.97 Å². The molecule has 0 radical (unpaired) electrons. The van der Waals surface area contributed by atoms with Gasteiger partial charge in [-0.25, -0.2) is 9.78 Å². The molecule has 5 heteroatoms. The fourth-order valence-electron chi connectivity index (χ4n) is 1.78. The molecule has 1 aliphatic rings. The van der Waals surface area contributed by atoms with Crippen molar-refractivity contribution in [1.82, 2.24) is 14.0 Å². The van der Waals surface area contributed by atoms with Crippen molar-refractivity contribution >= 4 is 5.65 Å². The topological polar surface area (TPSA) is 65.3 Å². The smallest absolute Gasteiger partial charge is 0.325 e. The van der Waals surface area contributed by atoms with Crippen LogP contribution in [-0.2, 0) is 6.54 Å². The molecule has 0 atom stereocenters. The zero-order chi connectivity index (χ0) is 10.4. The number of hydrogen-bond acceptors (Lipinski definition) is 3. The summed E-state index contributed by atoms with van der Waals surface area (Å²) in [5.41, 5.74) is 6.91. The van der Waals surface area contributed by atoms with E-state index in [0.717, 1.165) is 18.5 Å². The molecular weight excluding hydrogens is 192 g/mol. The predicted octanol–water partition coefficient (Wildman–Crippen LogP) is 0.290. The molecule has 1 fully saturated rings. The van der Waals surface area contributed by atoms with Gasteiger partial charge in [-0.05, 0) is 18.9 Å². The molecule has 1 aliphatic carbocycles. The Morgan fingerprint density at radius 1 is 1.53 bits per heavy atom. The Kier molecular flexibility index (Phi) is 1.70. The van der Waals surface area contributed by atoms with Gasteiger partial charge in [0, 0.05) is 25.0 Å². The molecule has 0 saturated heterocycles. The normalized spacial score (nSPS) is 16.1. The lowest BCUT2D eigenvalue weighted by Gasteiger charge is -2.02. The molecule has 2 N–H and O–H groups in total. The van der Waals surface area contributed by atoms with Gasteiger partial charge < -0.3 is 5.73 Å². The van der Waals surface area contributed by atoms with Crippen LogP contribution in [0.5, 0.6) is 0 Å². The highest BCUT2D eigenvalue weighted by molar-refractivity contribution is 5.38. The Bertz CT molecular complexity index is 564. The third-order valence-electron chi connectivity index (χ3n) is 2.74. The molecule has 0 aliphatic heterocycles. The maximum absolute atomic E-state index is 12.0. The van der Waals surface area contributed by atoms with E-state index in [1.54, 1.807) is 15.2 Å². The van der Waals surface area contributed by atoms with Gasteiger partial charge >= 0.3 is 5.69 Å². The molecular formula is C10H12N4O. The van der Waals surface area contributed by atoms with Gasteiger partial charge in [0.15, 0.2) is 0 Å². The van der Waals surface area contributed by atoms with Crippen LogP contribution in [-0.4, -0.2) is 14.0 Å². The predicted molar refractivity (Wildman–Crippen MR) is 55.6 cm³/mol. The molecule has 0 unspecified atom stereocenters. The number of hydrogen-bond donors (Lipinski definition) is 1. The first-order valence-electron chi connectivity index (χ1n) is 5.09. The van der Waals surface area contributed by atoms with Gasteiger partial charge in [-0.2, -0.15) is 0 Å². The lowest BCUT2D eigenvalue weighted by Crippen LogP contribution is -2.24. The molecule has 0 aromatic carbocycles. The highest BCUT2D eigenvalue weighted by atomic mass is 16.1. The quantitative estimate of drug-likeness (QED) is 0.764. The maximum Gasteiger partial charge on any atom is 0.334 e. The second kappa shape index (κ2) is 2.93. The molecule has 5 nitrogen and oxygen atoms in total. The highest BCUT2D eigenvalue weighted by Gasteiger charge is 2.25. The molecule has 2 heterocycles. The molecule has 0 amide bonds. The summed E-state index contributed by atoms with van der Waals surface area (Å²) >= 11 is 0. The Balaban J connectivity index is 2.26. The first-order chi connectivity index (χ1) is 7.29. The van der Waals surface area contributed by atoms with Crippen LogP contribution in [0.2, 0.25) is 0 Å². The average molecular weight is 204 g/mol. The van der Waals surface area contributed by atoms with Crippen molar-refractivity contribution in [3.8, 4) is 0 Å². The van der Waals surface area contributed by atoms with Gasteiger partial charge in [0.2, 0.25) is 0 Å². The van der Waals surface area contributed by atoms with Gasteiger partial charge in [0.25, 0.3) is 0 Å².